The summed E-state index contributed by atoms with van der Waals surface area (Å²) in [5.74, 6) is 2.17. The van der Waals surface area contributed by atoms with Gasteiger partial charge in [-0.1, -0.05) is 121 Å². The van der Waals surface area contributed by atoms with Crippen molar-refractivity contribution < 1.29 is 14.0 Å². The zero-order valence-electron chi connectivity index (χ0n) is 33.5. The summed E-state index contributed by atoms with van der Waals surface area (Å²) >= 11 is 0. The molecule has 3 saturated carbocycles. The van der Waals surface area contributed by atoms with Crippen LogP contribution in [0.5, 0.6) is 0 Å². The van der Waals surface area contributed by atoms with Gasteiger partial charge in [0, 0.05) is 0 Å². The van der Waals surface area contributed by atoms with E-state index in [1.54, 1.807) is 5.57 Å². The number of fused-ring (bicyclic) bond motifs is 1. The van der Waals surface area contributed by atoms with E-state index in [1.165, 1.54) is 49.7 Å². The minimum atomic E-state index is -1.88. The average molecular weight is 695 g/mol. The van der Waals surface area contributed by atoms with Gasteiger partial charge in [0.15, 0.2) is 16.6 Å². The summed E-state index contributed by atoms with van der Waals surface area (Å²) < 4.78 is 14.2. The fraction of sp³-hybridized carbons (Fsp3) is 0.767. The summed E-state index contributed by atoms with van der Waals surface area (Å²) in [5.41, 5.74) is 5.94. The van der Waals surface area contributed by atoms with Crippen LogP contribution < -0.4 is 0 Å². The Morgan fingerprint density at radius 2 is 1.44 bits per heavy atom. The Morgan fingerprint density at radius 1 is 0.875 bits per heavy atom. The van der Waals surface area contributed by atoms with Gasteiger partial charge in [0.25, 0.3) is 0 Å². The number of rotatable bonds is 11. The molecule has 0 saturated heterocycles. The van der Waals surface area contributed by atoms with Gasteiger partial charge >= 0.3 is 0 Å². The number of hydrogen-bond acceptors (Lipinski definition) is 3. The molecule has 0 amide bonds. The lowest BCUT2D eigenvalue weighted by molar-refractivity contribution is 0.0725. The van der Waals surface area contributed by atoms with E-state index >= 15 is 0 Å². The molecule has 5 heteroatoms. The molecule has 7 atom stereocenters. The number of allylic oxidation sites excluding steroid dienone is 3. The normalized spacial score (nSPS) is 29.5. The molecule has 48 heavy (non-hydrogen) atoms. The van der Waals surface area contributed by atoms with E-state index in [0.717, 1.165) is 43.6 Å². The highest BCUT2D eigenvalue weighted by atomic mass is 28.4. The molecule has 3 aliphatic rings. The first-order valence-corrected chi connectivity index (χ1v) is 25.4. The Kier molecular flexibility index (Phi) is 12.7. The molecule has 3 nitrogen and oxygen atoms in total. The van der Waals surface area contributed by atoms with Gasteiger partial charge in [-0.25, -0.2) is 0 Å². The maximum atomic E-state index is 10.8. The fourth-order valence-electron chi connectivity index (χ4n) is 8.86. The van der Waals surface area contributed by atoms with Gasteiger partial charge in [-0.15, -0.1) is 0 Å². The lowest BCUT2D eigenvalue weighted by Gasteiger charge is -2.45. The van der Waals surface area contributed by atoms with Gasteiger partial charge in [0.1, 0.15) is 0 Å². The smallest absolute Gasteiger partial charge is 0.192 e. The summed E-state index contributed by atoms with van der Waals surface area (Å²) in [4.78, 5) is 0. The summed E-state index contributed by atoms with van der Waals surface area (Å²) in [6, 6.07) is 8.41. The summed E-state index contributed by atoms with van der Waals surface area (Å²) in [5, 5.41) is 11.2. The maximum absolute atomic E-state index is 10.8. The zero-order chi connectivity index (χ0) is 35.7. The molecule has 1 N–H and O–H groups in total. The van der Waals surface area contributed by atoms with Gasteiger partial charge in [-0.3, -0.25) is 0 Å². The molecule has 1 aromatic carbocycles. The molecule has 0 heterocycles. The molecule has 3 aliphatic carbocycles. The van der Waals surface area contributed by atoms with Crippen molar-refractivity contribution in [2.24, 2.45) is 23.2 Å². The van der Waals surface area contributed by atoms with Crippen LogP contribution in [0.2, 0.25) is 36.3 Å². The highest BCUT2D eigenvalue weighted by molar-refractivity contribution is 6.74. The molecule has 0 spiro atoms. The molecule has 0 aromatic heterocycles. The standard InChI is InChI=1S/C43H74O3Si2/c1-31-19-22-35(23-20-31)40(44)18-14-16-32(2)38-25-26-39-34(17-15-27-43(38,39)9)24-21-33-28-36(45-47(10,11)41(3,4)5)30-37(29-33)46-48(12,13)42(6,7)8/h19-24,32,36-40,44H,14-18,25-30H2,1-13H3/b33-21?,34-24+/t32-,36?,37?,38-,39+,40?,43-/m1/s1. The first kappa shape index (κ1) is 39.8. The third-order valence-electron chi connectivity index (χ3n) is 13.9. The van der Waals surface area contributed by atoms with Crippen LogP contribution in [0.1, 0.15) is 143 Å². The van der Waals surface area contributed by atoms with E-state index in [1.807, 2.05) is 0 Å². The molecule has 4 rings (SSSR count). The molecule has 272 valence electrons. The van der Waals surface area contributed by atoms with E-state index in [4.69, 9.17) is 8.85 Å². The minimum absolute atomic E-state index is 0.204. The van der Waals surface area contributed by atoms with Gasteiger partial charge in [0.05, 0.1) is 18.3 Å². The first-order valence-electron chi connectivity index (χ1n) is 19.6. The van der Waals surface area contributed by atoms with Crippen molar-refractivity contribution in [1.82, 2.24) is 0 Å². The van der Waals surface area contributed by atoms with Crippen LogP contribution in [0.4, 0.5) is 0 Å². The predicted octanol–water partition coefficient (Wildman–Crippen LogP) is 12.9. The SMILES string of the molecule is Cc1ccc(C(O)CCC[C@@H](C)[C@H]2CC[C@H]3/C(=C/C=C4CC(O[Si](C)(C)C(C)(C)C)CC(O[Si](C)(C)C(C)(C)C)C4)CCC[C@]23C)cc1. The molecule has 0 aliphatic heterocycles. The Morgan fingerprint density at radius 3 is 1.98 bits per heavy atom. The lowest BCUT2D eigenvalue weighted by Crippen LogP contribution is -2.48. The largest absolute Gasteiger partial charge is 0.414 e. The second-order valence-corrected chi connectivity index (χ2v) is 29.2. The average Bonchev–Trinajstić information content (AvgIpc) is 3.32. The highest BCUT2D eigenvalue weighted by Gasteiger charge is 2.50. The summed E-state index contributed by atoms with van der Waals surface area (Å²) in [6.07, 6.45) is 18.1. The van der Waals surface area contributed by atoms with Gasteiger partial charge < -0.3 is 14.0 Å². The monoisotopic (exact) mass is 695 g/mol. The minimum Gasteiger partial charge on any atom is -0.414 e. The molecule has 3 fully saturated rings. The van der Waals surface area contributed by atoms with E-state index < -0.39 is 16.6 Å². The third-order valence-corrected chi connectivity index (χ3v) is 23.0. The van der Waals surface area contributed by atoms with E-state index in [-0.39, 0.29) is 28.4 Å². The Hall–Kier alpha value is -0.986. The molecular weight excluding hydrogens is 621 g/mol. The quantitative estimate of drug-likeness (QED) is 0.234. The molecular formula is C43H74O3Si2. The maximum Gasteiger partial charge on any atom is 0.192 e. The van der Waals surface area contributed by atoms with Crippen LogP contribution in [0, 0.1) is 30.1 Å². The third kappa shape index (κ3) is 9.46. The van der Waals surface area contributed by atoms with E-state index in [9.17, 15) is 5.11 Å². The number of aliphatic hydroxyl groups is 1. The van der Waals surface area contributed by atoms with E-state index in [2.05, 4.69) is 125 Å². The van der Waals surface area contributed by atoms with Crippen LogP contribution in [0.25, 0.3) is 0 Å². The first-order chi connectivity index (χ1) is 22.1. The van der Waals surface area contributed by atoms with Crippen LogP contribution in [-0.2, 0) is 8.85 Å². The van der Waals surface area contributed by atoms with Gasteiger partial charge in [-0.2, -0.15) is 0 Å². The molecule has 0 bridgehead atoms. The molecule has 0 radical (unpaired) electrons. The topological polar surface area (TPSA) is 38.7 Å². The number of aliphatic hydroxyl groups excluding tert-OH is 1. The Bertz CT molecular complexity index is 1230. The lowest BCUT2D eigenvalue weighted by atomic mass is 9.60. The van der Waals surface area contributed by atoms with Crippen molar-refractivity contribution in [2.45, 2.75) is 188 Å². The van der Waals surface area contributed by atoms with Crippen molar-refractivity contribution in [3.05, 3.63) is 58.7 Å². The number of hydrogen-bond donors (Lipinski definition) is 1. The van der Waals surface area contributed by atoms with Gasteiger partial charge in [-0.05, 0) is 130 Å². The van der Waals surface area contributed by atoms with Gasteiger partial charge in [0.2, 0.25) is 0 Å². The van der Waals surface area contributed by atoms with Crippen molar-refractivity contribution in [1.29, 1.82) is 0 Å². The zero-order valence-corrected chi connectivity index (χ0v) is 35.5. The van der Waals surface area contributed by atoms with Crippen molar-refractivity contribution in [3.8, 4) is 0 Å². The van der Waals surface area contributed by atoms with Crippen LogP contribution in [0.15, 0.2) is 47.6 Å². The molecule has 1 aromatic rings. The van der Waals surface area contributed by atoms with Crippen LogP contribution >= 0.6 is 0 Å². The van der Waals surface area contributed by atoms with Crippen molar-refractivity contribution >= 4 is 16.6 Å². The second-order valence-electron chi connectivity index (χ2n) is 19.6. The van der Waals surface area contributed by atoms with Crippen LogP contribution in [-0.4, -0.2) is 33.9 Å². The number of benzene rings is 1. The van der Waals surface area contributed by atoms with Crippen LogP contribution in [0.3, 0.4) is 0 Å². The number of aryl methyl sites for hydroxylation is 1. The second kappa shape index (κ2) is 15.3. The highest BCUT2D eigenvalue weighted by Crippen LogP contribution is 2.60. The van der Waals surface area contributed by atoms with Crippen molar-refractivity contribution in [2.75, 3.05) is 0 Å². The Labute approximate surface area is 299 Å². The van der Waals surface area contributed by atoms with E-state index in [0.29, 0.717) is 17.3 Å². The summed E-state index contributed by atoms with van der Waals surface area (Å²) in [6.45, 7) is 31.0. The summed E-state index contributed by atoms with van der Waals surface area (Å²) in [7, 11) is -3.77. The predicted molar refractivity (Wildman–Crippen MR) is 211 cm³/mol. The molecule has 3 unspecified atom stereocenters. The van der Waals surface area contributed by atoms with Crippen molar-refractivity contribution in [3.63, 3.8) is 0 Å². The Balaban J connectivity index is 1.46. The fourth-order valence-corrected chi connectivity index (χ4v) is 11.6.